The summed E-state index contributed by atoms with van der Waals surface area (Å²) >= 11 is 3.63. The van der Waals surface area contributed by atoms with Crippen LogP contribution in [-0.2, 0) is 11.2 Å². The second-order valence-corrected chi connectivity index (χ2v) is 7.84. The number of piperidine rings is 1. The Labute approximate surface area is 129 Å². The number of carbonyl (C=O) groups excluding carboxylic acids is 1. The van der Waals surface area contributed by atoms with Crippen LogP contribution >= 0.6 is 23.1 Å². The molecule has 0 radical (unpaired) electrons. The van der Waals surface area contributed by atoms with E-state index in [9.17, 15) is 4.79 Å². The van der Waals surface area contributed by atoms with Crippen LogP contribution in [0.4, 0.5) is 0 Å². The number of thiophene rings is 1. The van der Waals surface area contributed by atoms with Crippen LogP contribution in [0.2, 0.25) is 0 Å². The lowest BCUT2D eigenvalue weighted by molar-refractivity contribution is -0.132. The number of fused-ring (bicyclic) bond motifs is 1. The Bertz CT molecular complexity index is 466. The Morgan fingerprint density at radius 1 is 1.45 bits per heavy atom. The molecular formula is C15H22N2OS2. The highest BCUT2D eigenvalue weighted by Crippen LogP contribution is 2.40. The molecule has 2 aliphatic rings. The summed E-state index contributed by atoms with van der Waals surface area (Å²) in [4.78, 5) is 16.3. The molecule has 1 aromatic rings. The van der Waals surface area contributed by atoms with Gasteiger partial charge in [0.2, 0.25) is 5.91 Å². The van der Waals surface area contributed by atoms with Crippen LogP contribution in [0.15, 0.2) is 11.4 Å². The van der Waals surface area contributed by atoms with Crippen LogP contribution in [0.1, 0.15) is 28.5 Å². The second-order valence-electron chi connectivity index (χ2n) is 5.63. The van der Waals surface area contributed by atoms with Crippen molar-refractivity contribution in [2.24, 2.45) is 5.92 Å². The third-order valence-corrected chi connectivity index (χ3v) is 6.54. The minimum absolute atomic E-state index is 0.0610. The molecule has 1 N–H and O–H groups in total. The molecule has 5 heteroatoms. The molecule has 0 aromatic carbocycles. The maximum Gasteiger partial charge on any atom is 0.240 e. The van der Waals surface area contributed by atoms with Gasteiger partial charge >= 0.3 is 0 Å². The van der Waals surface area contributed by atoms with Crippen molar-refractivity contribution in [3.05, 3.63) is 21.9 Å². The van der Waals surface area contributed by atoms with Gasteiger partial charge in [-0.3, -0.25) is 4.79 Å². The van der Waals surface area contributed by atoms with E-state index in [-0.39, 0.29) is 5.25 Å². The fraction of sp³-hybridized carbons (Fsp3) is 0.667. The van der Waals surface area contributed by atoms with E-state index >= 15 is 0 Å². The van der Waals surface area contributed by atoms with Crippen molar-refractivity contribution in [3.63, 3.8) is 0 Å². The summed E-state index contributed by atoms with van der Waals surface area (Å²) in [6, 6.07) is 2.16. The van der Waals surface area contributed by atoms with Gasteiger partial charge in [0, 0.05) is 18.0 Å². The summed E-state index contributed by atoms with van der Waals surface area (Å²) < 4.78 is 0. The van der Waals surface area contributed by atoms with Gasteiger partial charge in [-0.15, -0.1) is 23.1 Å². The van der Waals surface area contributed by atoms with Crippen LogP contribution in [0.3, 0.4) is 0 Å². The van der Waals surface area contributed by atoms with E-state index < -0.39 is 0 Å². The van der Waals surface area contributed by atoms with E-state index in [1.807, 2.05) is 30.1 Å². The molecule has 1 unspecified atom stereocenters. The van der Waals surface area contributed by atoms with Crippen molar-refractivity contribution < 1.29 is 4.79 Å². The van der Waals surface area contributed by atoms with Crippen LogP contribution in [0.5, 0.6) is 0 Å². The molecule has 0 bridgehead atoms. The Hall–Kier alpha value is -0.520. The minimum Gasteiger partial charge on any atom is -0.341 e. The largest absolute Gasteiger partial charge is 0.341 e. The first-order valence-corrected chi connectivity index (χ1v) is 9.33. The maximum absolute atomic E-state index is 12.8. The third-order valence-electron chi connectivity index (χ3n) is 4.32. The predicted molar refractivity (Wildman–Crippen MR) is 86.5 cm³/mol. The Kier molecular flexibility index (Phi) is 4.68. The van der Waals surface area contributed by atoms with Gasteiger partial charge in [-0.05, 0) is 61.5 Å². The van der Waals surface area contributed by atoms with Crippen molar-refractivity contribution in [1.82, 2.24) is 10.2 Å². The zero-order chi connectivity index (χ0) is 13.9. The number of aryl methyl sites for hydroxylation is 1. The Morgan fingerprint density at radius 3 is 3.00 bits per heavy atom. The molecule has 3 nitrogen and oxygen atoms in total. The molecule has 0 spiro atoms. The van der Waals surface area contributed by atoms with Crippen LogP contribution < -0.4 is 5.32 Å². The summed E-state index contributed by atoms with van der Waals surface area (Å²) in [6.45, 7) is 2.94. The van der Waals surface area contributed by atoms with Crippen molar-refractivity contribution in [3.8, 4) is 0 Å². The smallest absolute Gasteiger partial charge is 0.240 e. The van der Waals surface area contributed by atoms with Gasteiger partial charge in [0.05, 0.1) is 0 Å². The van der Waals surface area contributed by atoms with E-state index in [1.165, 1.54) is 10.4 Å². The standard InChI is InChI=1S/C15H22N2OS2/c1-16-10-11-2-6-17(7-3-11)15(18)14-12-4-8-19-13(12)5-9-20-14/h4,8,11,14,16H,2-3,5-7,9-10H2,1H3. The summed E-state index contributed by atoms with van der Waals surface area (Å²) in [5.74, 6) is 2.16. The first kappa shape index (κ1) is 14.4. The fourth-order valence-electron chi connectivity index (χ4n) is 3.16. The zero-order valence-electron chi connectivity index (χ0n) is 11.9. The van der Waals surface area contributed by atoms with E-state index in [4.69, 9.17) is 0 Å². The van der Waals surface area contributed by atoms with Crippen molar-refractivity contribution in [1.29, 1.82) is 0 Å². The summed E-state index contributed by atoms with van der Waals surface area (Å²) in [5.41, 5.74) is 1.29. The number of nitrogens with zero attached hydrogens (tertiary/aromatic N) is 1. The number of hydrogen-bond donors (Lipinski definition) is 1. The quantitative estimate of drug-likeness (QED) is 0.931. The molecule has 0 aliphatic carbocycles. The molecule has 1 fully saturated rings. The highest BCUT2D eigenvalue weighted by molar-refractivity contribution is 8.00. The maximum atomic E-state index is 12.8. The lowest BCUT2D eigenvalue weighted by Crippen LogP contribution is -2.42. The number of amides is 1. The van der Waals surface area contributed by atoms with E-state index in [1.54, 1.807) is 0 Å². The molecule has 1 amide bonds. The minimum atomic E-state index is 0.0610. The van der Waals surface area contributed by atoms with E-state index in [0.717, 1.165) is 50.6 Å². The fourth-order valence-corrected chi connectivity index (χ4v) is 5.54. The molecule has 1 aromatic heterocycles. The number of carbonyl (C=O) groups is 1. The highest BCUT2D eigenvalue weighted by Gasteiger charge is 2.32. The third kappa shape index (κ3) is 2.90. The van der Waals surface area contributed by atoms with E-state index in [2.05, 4.69) is 21.7 Å². The highest BCUT2D eigenvalue weighted by atomic mass is 32.2. The predicted octanol–water partition coefficient (Wildman–Crippen LogP) is 2.54. The van der Waals surface area contributed by atoms with Gasteiger partial charge in [-0.2, -0.15) is 0 Å². The number of hydrogen-bond acceptors (Lipinski definition) is 4. The molecule has 1 atom stereocenters. The summed E-state index contributed by atoms with van der Waals surface area (Å²) in [7, 11) is 2.01. The van der Waals surface area contributed by atoms with Gasteiger partial charge in [0.25, 0.3) is 0 Å². The van der Waals surface area contributed by atoms with Gasteiger partial charge in [-0.1, -0.05) is 0 Å². The van der Waals surface area contributed by atoms with Crippen LogP contribution in [-0.4, -0.2) is 43.2 Å². The average molecular weight is 310 g/mol. The monoisotopic (exact) mass is 310 g/mol. The SMILES string of the molecule is CNCC1CCN(C(=O)C2SCCc3sccc32)CC1. The van der Waals surface area contributed by atoms with Crippen molar-refractivity contribution in [2.45, 2.75) is 24.5 Å². The lowest BCUT2D eigenvalue weighted by Gasteiger charge is -2.35. The summed E-state index contributed by atoms with van der Waals surface area (Å²) in [6.07, 6.45) is 3.41. The summed E-state index contributed by atoms with van der Waals surface area (Å²) in [5, 5.41) is 5.44. The van der Waals surface area contributed by atoms with Crippen molar-refractivity contribution >= 4 is 29.0 Å². The second kappa shape index (κ2) is 6.50. The number of likely N-dealkylation sites (tertiary alicyclic amines) is 1. The Balaban J connectivity index is 1.64. The van der Waals surface area contributed by atoms with Crippen LogP contribution in [0.25, 0.3) is 0 Å². The molecule has 20 heavy (non-hydrogen) atoms. The molecule has 2 aliphatic heterocycles. The first-order valence-electron chi connectivity index (χ1n) is 7.41. The number of rotatable bonds is 3. The van der Waals surface area contributed by atoms with Crippen LogP contribution in [0, 0.1) is 5.92 Å². The van der Waals surface area contributed by atoms with Gasteiger partial charge in [-0.25, -0.2) is 0 Å². The lowest BCUT2D eigenvalue weighted by atomic mass is 9.96. The van der Waals surface area contributed by atoms with E-state index in [0.29, 0.717) is 5.91 Å². The zero-order valence-corrected chi connectivity index (χ0v) is 13.6. The topological polar surface area (TPSA) is 32.3 Å². The molecule has 110 valence electrons. The van der Waals surface area contributed by atoms with Crippen molar-refractivity contribution in [2.75, 3.05) is 32.4 Å². The number of thioether (sulfide) groups is 1. The Morgan fingerprint density at radius 2 is 2.25 bits per heavy atom. The van der Waals surface area contributed by atoms with Gasteiger partial charge in [0.15, 0.2) is 0 Å². The molecular weight excluding hydrogens is 288 g/mol. The molecule has 3 heterocycles. The molecule has 0 saturated carbocycles. The molecule has 1 saturated heterocycles. The van der Waals surface area contributed by atoms with Gasteiger partial charge < -0.3 is 10.2 Å². The average Bonchev–Trinajstić information content (AvgIpc) is 2.96. The molecule has 3 rings (SSSR count). The van der Waals surface area contributed by atoms with Gasteiger partial charge in [0.1, 0.15) is 5.25 Å². The normalized spacial score (nSPS) is 23.6. The first-order chi connectivity index (χ1) is 9.79. The number of nitrogens with one attached hydrogen (secondary N) is 1.